The normalized spacial score (nSPS) is 22.8. The van der Waals surface area contributed by atoms with Crippen molar-refractivity contribution in [2.45, 2.75) is 70.5 Å². The Morgan fingerprint density at radius 3 is 2.69 bits per heavy atom. The zero-order valence-electron chi connectivity index (χ0n) is 21.0. The van der Waals surface area contributed by atoms with Crippen LogP contribution in [-0.4, -0.2) is 75.5 Å². The van der Waals surface area contributed by atoms with Crippen molar-refractivity contribution in [1.82, 2.24) is 20.4 Å². The summed E-state index contributed by atoms with van der Waals surface area (Å²) in [6.45, 7) is 5.22. The highest BCUT2D eigenvalue weighted by molar-refractivity contribution is 5.78. The molecule has 196 valence electrons. The third-order valence-electron chi connectivity index (χ3n) is 7.24. The number of aliphatic hydroxyl groups is 2. The van der Waals surface area contributed by atoms with Crippen molar-refractivity contribution in [1.29, 1.82) is 0 Å². The highest BCUT2D eigenvalue weighted by Crippen LogP contribution is 2.37. The first-order valence-corrected chi connectivity index (χ1v) is 12.7. The molecule has 2 amide bonds. The van der Waals surface area contributed by atoms with E-state index in [9.17, 15) is 19.8 Å². The number of aliphatic hydroxyl groups excluding tert-OH is 2. The Morgan fingerprint density at radius 2 is 1.97 bits per heavy atom. The van der Waals surface area contributed by atoms with Gasteiger partial charge in [0.25, 0.3) is 5.91 Å². The number of aromatic nitrogens is 2. The van der Waals surface area contributed by atoms with Crippen molar-refractivity contribution < 1.29 is 29.1 Å². The third-order valence-corrected chi connectivity index (χ3v) is 7.24. The second-order valence-electron chi connectivity index (χ2n) is 10.3. The second-order valence-corrected chi connectivity index (χ2v) is 10.3. The molecule has 0 saturated carbocycles. The maximum Gasteiger partial charge on any atom is 0.257 e. The number of para-hydroxylation sites is 1. The maximum atomic E-state index is 12.8. The van der Waals surface area contributed by atoms with Crippen LogP contribution in [-0.2, 0) is 22.4 Å². The van der Waals surface area contributed by atoms with Gasteiger partial charge in [0, 0.05) is 44.8 Å². The number of piperidine rings is 1. The summed E-state index contributed by atoms with van der Waals surface area (Å²) in [5.41, 5.74) is 0.318. The molecule has 1 spiro atoms. The molecule has 0 unspecified atom stereocenters. The van der Waals surface area contributed by atoms with Gasteiger partial charge in [0.1, 0.15) is 5.75 Å². The Labute approximate surface area is 211 Å². The van der Waals surface area contributed by atoms with Crippen LogP contribution >= 0.6 is 0 Å². The topological polar surface area (TPSA) is 138 Å². The molecule has 2 aliphatic heterocycles. The molecule has 10 nitrogen and oxygen atoms in total. The smallest absolute Gasteiger partial charge is 0.257 e. The minimum atomic E-state index is -0.968. The number of ether oxygens (including phenoxy) is 1. The predicted molar refractivity (Wildman–Crippen MR) is 130 cm³/mol. The first-order valence-electron chi connectivity index (χ1n) is 12.7. The van der Waals surface area contributed by atoms with E-state index in [2.05, 4.69) is 15.5 Å². The zero-order valence-corrected chi connectivity index (χ0v) is 21.0. The average molecular weight is 501 g/mol. The number of hydrogen-bond acceptors (Lipinski definition) is 8. The number of nitrogens with zero attached hydrogens (tertiary/aromatic N) is 3. The number of hydrogen-bond donors (Lipinski definition) is 3. The lowest BCUT2D eigenvalue weighted by molar-refractivity contribution is -0.135. The van der Waals surface area contributed by atoms with Crippen molar-refractivity contribution in [3.8, 4) is 5.75 Å². The lowest BCUT2D eigenvalue weighted by Crippen LogP contribution is -2.51. The summed E-state index contributed by atoms with van der Waals surface area (Å²) >= 11 is 0. The fourth-order valence-electron chi connectivity index (χ4n) is 4.89. The summed E-state index contributed by atoms with van der Waals surface area (Å²) in [4.78, 5) is 31.5. The van der Waals surface area contributed by atoms with Crippen molar-refractivity contribution in [2.75, 3.05) is 26.2 Å². The van der Waals surface area contributed by atoms with Gasteiger partial charge in [-0.25, -0.2) is 0 Å². The number of likely N-dealkylation sites (tertiary alicyclic amines) is 1. The van der Waals surface area contributed by atoms with Crippen LogP contribution in [0.15, 0.2) is 28.8 Å². The number of nitrogens with one attached hydrogen (secondary N) is 1. The number of benzene rings is 1. The molecule has 4 rings (SSSR count). The van der Waals surface area contributed by atoms with Gasteiger partial charge in [0.05, 0.1) is 12.2 Å². The first kappa shape index (κ1) is 26.1. The van der Waals surface area contributed by atoms with Gasteiger partial charge in [-0.15, -0.1) is 0 Å². The van der Waals surface area contributed by atoms with E-state index in [4.69, 9.17) is 9.26 Å². The summed E-state index contributed by atoms with van der Waals surface area (Å²) in [5.74, 6) is 1.57. The summed E-state index contributed by atoms with van der Waals surface area (Å²) in [6, 6.07) is 7.22. The average Bonchev–Trinajstić information content (AvgIpc) is 3.35. The number of amides is 2. The van der Waals surface area contributed by atoms with Crippen LogP contribution < -0.4 is 10.1 Å². The lowest BCUT2D eigenvalue weighted by Gasteiger charge is -2.43. The minimum absolute atomic E-state index is 0.0110. The van der Waals surface area contributed by atoms with Gasteiger partial charge < -0.3 is 29.7 Å². The molecular formula is C26H36N4O6. The Bertz CT molecular complexity index is 1050. The molecule has 10 heteroatoms. The largest absolute Gasteiger partial charge is 0.483 e. The van der Waals surface area contributed by atoms with Crippen molar-refractivity contribution in [3.05, 3.63) is 41.5 Å². The standard InChI is InChI=1S/C26H36N4O6/c1-17(2)25-28-23(36-29-25)7-8-24(34)30-11-9-26(10-12-30)14-20(32)19(31)13-18-5-3-4-6-21(18)35-15-22(33)27-16-26/h3-6,17,19-20,31-32H,7-16H2,1-2H3,(H,27,33)/t19-,20+/m0/s1. The number of carbonyl (C=O) groups excluding carboxylic acids is 2. The molecule has 0 aliphatic carbocycles. The summed E-state index contributed by atoms with van der Waals surface area (Å²) in [5, 5.41) is 28.5. The van der Waals surface area contributed by atoms with Gasteiger partial charge in [-0.05, 0) is 36.3 Å². The minimum Gasteiger partial charge on any atom is -0.483 e. The van der Waals surface area contributed by atoms with Gasteiger partial charge in [-0.3, -0.25) is 9.59 Å². The van der Waals surface area contributed by atoms with Gasteiger partial charge >= 0.3 is 0 Å². The molecule has 36 heavy (non-hydrogen) atoms. The predicted octanol–water partition coefficient (Wildman–Crippen LogP) is 1.60. The van der Waals surface area contributed by atoms with Gasteiger partial charge in [-0.1, -0.05) is 37.2 Å². The Balaban J connectivity index is 1.37. The van der Waals surface area contributed by atoms with Gasteiger partial charge in [0.2, 0.25) is 11.8 Å². The van der Waals surface area contributed by atoms with Gasteiger partial charge in [-0.2, -0.15) is 4.98 Å². The van der Waals surface area contributed by atoms with E-state index in [1.165, 1.54) is 0 Å². The lowest BCUT2D eigenvalue weighted by atomic mass is 9.73. The number of aryl methyl sites for hydroxylation is 1. The third kappa shape index (κ3) is 6.41. The monoisotopic (exact) mass is 500 g/mol. The van der Waals surface area contributed by atoms with E-state index in [0.717, 1.165) is 5.56 Å². The van der Waals surface area contributed by atoms with Crippen LogP contribution in [0.25, 0.3) is 0 Å². The summed E-state index contributed by atoms with van der Waals surface area (Å²) in [7, 11) is 0. The zero-order chi connectivity index (χ0) is 25.7. The first-order chi connectivity index (χ1) is 17.2. The van der Waals surface area contributed by atoms with E-state index in [0.29, 0.717) is 62.8 Å². The quantitative estimate of drug-likeness (QED) is 0.576. The SMILES string of the molecule is CC(C)c1noc(CCC(=O)N2CCC3(CC2)CNC(=O)COc2ccccc2C[C@H](O)[C@H](O)C3)n1. The molecule has 1 aromatic carbocycles. The van der Waals surface area contributed by atoms with E-state index in [1.807, 2.05) is 30.9 Å². The molecule has 1 fully saturated rings. The molecule has 1 aromatic heterocycles. The Hall–Kier alpha value is -2.98. The molecule has 2 aromatic rings. The Kier molecular flexibility index (Phi) is 8.25. The molecule has 0 radical (unpaired) electrons. The summed E-state index contributed by atoms with van der Waals surface area (Å²) < 4.78 is 10.9. The van der Waals surface area contributed by atoms with E-state index < -0.39 is 17.6 Å². The fraction of sp³-hybridized carbons (Fsp3) is 0.615. The Morgan fingerprint density at radius 1 is 1.22 bits per heavy atom. The van der Waals surface area contributed by atoms with E-state index in [1.54, 1.807) is 12.1 Å². The highest BCUT2D eigenvalue weighted by atomic mass is 16.5. The molecular weight excluding hydrogens is 464 g/mol. The van der Waals surface area contributed by atoms with Crippen LogP contribution in [0.5, 0.6) is 5.75 Å². The van der Waals surface area contributed by atoms with E-state index >= 15 is 0 Å². The number of rotatable bonds is 4. The second kappa shape index (κ2) is 11.4. The van der Waals surface area contributed by atoms with Crippen LogP contribution in [0, 0.1) is 5.41 Å². The maximum absolute atomic E-state index is 12.8. The van der Waals surface area contributed by atoms with Crippen LogP contribution in [0.3, 0.4) is 0 Å². The molecule has 0 bridgehead atoms. The number of carbonyl (C=O) groups is 2. The molecule has 3 heterocycles. The molecule has 3 N–H and O–H groups in total. The van der Waals surface area contributed by atoms with Crippen LogP contribution in [0.2, 0.25) is 0 Å². The molecule has 2 aliphatic rings. The van der Waals surface area contributed by atoms with E-state index in [-0.39, 0.29) is 37.2 Å². The number of fused-ring (bicyclic) bond motifs is 1. The van der Waals surface area contributed by atoms with Crippen LogP contribution in [0.1, 0.15) is 62.7 Å². The van der Waals surface area contributed by atoms with Crippen molar-refractivity contribution in [2.24, 2.45) is 5.41 Å². The molecule has 2 atom stereocenters. The highest BCUT2D eigenvalue weighted by Gasteiger charge is 2.39. The molecule has 1 saturated heterocycles. The fourth-order valence-corrected chi connectivity index (χ4v) is 4.89. The van der Waals surface area contributed by atoms with Gasteiger partial charge in [0.15, 0.2) is 12.4 Å². The van der Waals surface area contributed by atoms with Crippen molar-refractivity contribution >= 4 is 11.8 Å². The summed E-state index contributed by atoms with van der Waals surface area (Å²) in [6.07, 6.45) is 0.518. The van der Waals surface area contributed by atoms with Crippen LogP contribution in [0.4, 0.5) is 0 Å². The van der Waals surface area contributed by atoms with Crippen molar-refractivity contribution in [3.63, 3.8) is 0 Å².